The van der Waals surface area contributed by atoms with Crippen LogP contribution in [0.1, 0.15) is 43.7 Å². The molecule has 1 saturated carbocycles. The minimum Gasteiger partial charge on any atom is -0.481 e. The lowest BCUT2D eigenvalue weighted by atomic mass is 9.77. The van der Waals surface area contributed by atoms with Crippen molar-refractivity contribution in [2.75, 3.05) is 6.54 Å². The van der Waals surface area contributed by atoms with Gasteiger partial charge in [-0.2, -0.15) is 0 Å². The van der Waals surface area contributed by atoms with Crippen molar-refractivity contribution in [1.29, 1.82) is 0 Å². The molecule has 1 fully saturated rings. The first-order valence-electron chi connectivity index (χ1n) is 7.58. The van der Waals surface area contributed by atoms with Gasteiger partial charge >= 0.3 is 12.0 Å². The molecule has 0 spiro atoms. The van der Waals surface area contributed by atoms with E-state index in [0.717, 1.165) is 18.4 Å². The first-order valence-corrected chi connectivity index (χ1v) is 7.95. The van der Waals surface area contributed by atoms with E-state index < -0.39 is 5.97 Å². The van der Waals surface area contributed by atoms with E-state index in [2.05, 4.69) is 10.6 Å². The Balaban J connectivity index is 1.88. The Kier molecular flexibility index (Phi) is 6.07. The monoisotopic (exact) mass is 324 g/mol. The maximum absolute atomic E-state index is 12.0. The van der Waals surface area contributed by atoms with Crippen LogP contribution >= 0.6 is 11.6 Å². The molecule has 1 atom stereocenters. The van der Waals surface area contributed by atoms with Crippen LogP contribution in [0.2, 0.25) is 5.02 Å². The third-order valence-electron chi connectivity index (χ3n) is 3.99. The topological polar surface area (TPSA) is 78.4 Å². The van der Waals surface area contributed by atoms with Crippen molar-refractivity contribution in [3.63, 3.8) is 0 Å². The molecule has 1 aliphatic rings. The number of carbonyl (C=O) groups excluding carboxylic acids is 1. The average Bonchev–Trinajstić information content (AvgIpc) is 2.42. The fourth-order valence-electron chi connectivity index (χ4n) is 2.55. The number of benzene rings is 1. The molecule has 1 aromatic carbocycles. The molecule has 6 heteroatoms. The Bertz CT molecular complexity index is 515. The van der Waals surface area contributed by atoms with Crippen LogP contribution in [-0.4, -0.2) is 23.7 Å². The predicted molar refractivity (Wildman–Crippen MR) is 84.9 cm³/mol. The number of carboxylic acids is 1. The second-order valence-electron chi connectivity index (χ2n) is 5.62. The average molecular weight is 325 g/mol. The Morgan fingerprint density at radius 1 is 1.27 bits per heavy atom. The summed E-state index contributed by atoms with van der Waals surface area (Å²) in [6.07, 6.45) is 3.89. The van der Waals surface area contributed by atoms with Gasteiger partial charge in [-0.3, -0.25) is 4.79 Å². The molecule has 22 heavy (non-hydrogen) atoms. The lowest BCUT2D eigenvalue weighted by Gasteiger charge is -2.34. The fraction of sp³-hybridized carbons (Fsp3) is 0.500. The quantitative estimate of drug-likeness (QED) is 0.673. The normalized spacial score (nSPS) is 15.7. The van der Waals surface area contributed by atoms with Gasteiger partial charge in [0.05, 0.1) is 6.04 Å². The molecule has 1 unspecified atom stereocenters. The summed E-state index contributed by atoms with van der Waals surface area (Å²) in [7, 11) is 0. The van der Waals surface area contributed by atoms with Crippen molar-refractivity contribution in [3.05, 3.63) is 34.9 Å². The third kappa shape index (κ3) is 4.91. The molecular weight excluding hydrogens is 304 g/mol. The van der Waals surface area contributed by atoms with Gasteiger partial charge in [-0.15, -0.1) is 0 Å². The van der Waals surface area contributed by atoms with Gasteiger partial charge in [-0.1, -0.05) is 30.2 Å². The highest BCUT2D eigenvalue weighted by Crippen LogP contribution is 2.37. The van der Waals surface area contributed by atoms with Gasteiger partial charge in [0.25, 0.3) is 0 Å². The number of hydrogen-bond acceptors (Lipinski definition) is 2. The van der Waals surface area contributed by atoms with Gasteiger partial charge in [0.15, 0.2) is 0 Å². The summed E-state index contributed by atoms with van der Waals surface area (Å²) in [6, 6.07) is 7.26. The van der Waals surface area contributed by atoms with Crippen LogP contribution in [0.5, 0.6) is 0 Å². The van der Waals surface area contributed by atoms with Crippen molar-refractivity contribution in [2.45, 2.75) is 38.1 Å². The van der Waals surface area contributed by atoms with Gasteiger partial charge in [0.1, 0.15) is 0 Å². The van der Waals surface area contributed by atoms with Crippen molar-refractivity contribution < 1.29 is 14.7 Å². The fourth-order valence-corrected chi connectivity index (χ4v) is 2.68. The Hall–Kier alpha value is -1.75. The molecular formula is C16H21ClN2O3. The number of urea groups is 1. The van der Waals surface area contributed by atoms with Gasteiger partial charge in [-0.25, -0.2) is 4.79 Å². The van der Waals surface area contributed by atoms with Crippen LogP contribution in [-0.2, 0) is 4.79 Å². The molecule has 1 aromatic rings. The second kappa shape index (κ2) is 8.03. The highest BCUT2D eigenvalue weighted by Gasteiger charge is 2.29. The maximum Gasteiger partial charge on any atom is 0.315 e. The summed E-state index contributed by atoms with van der Waals surface area (Å²) in [5, 5.41) is 15.0. The molecule has 0 heterocycles. The third-order valence-corrected chi connectivity index (χ3v) is 4.24. The molecule has 0 aromatic heterocycles. The van der Waals surface area contributed by atoms with E-state index in [1.54, 1.807) is 0 Å². The Morgan fingerprint density at radius 2 is 1.95 bits per heavy atom. The largest absolute Gasteiger partial charge is 0.481 e. The molecule has 0 radical (unpaired) electrons. The minimum atomic E-state index is -0.851. The number of halogens is 1. The van der Waals surface area contributed by atoms with E-state index in [9.17, 15) is 9.59 Å². The number of hydrogen-bond donors (Lipinski definition) is 3. The van der Waals surface area contributed by atoms with E-state index in [4.69, 9.17) is 16.7 Å². The van der Waals surface area contributed by atoms with E-state index >= 15 is 0 Å². The number of carboxylic acid groups (broad SMARTS) is 1. The van der Waals surface area contributed by atoms with Gasteiger partial charge in [-0.05, 0) is 42.9 Å². The molecule has 0 bridgehead atoms. The predicted octanol–water partition coefficient (Wildman–Crippen LogP) is 3.35. The van der Waals surface area contributed by atoms with Crippen LogP contribution in [0.15, 0.2) is 24.3 Å². The lowest BCUT2D eigenvalue weighted by Crippen LogP contribution is -2.42. The van der Waals surface area contributed by atoms with Crippen LogP contribution in [0.25, 0.3) is 0 Å². The van der Waals surface area contributed by atoms with E-state index in [0.29, 0.717) is 23.9 Å². The molecule has 3 N–H and O–H groups in total. The summed E-state index contributed by atoms with van der Waals surface area (Å²) < 4.78 is 0. The first kappa shape index (κ1) is 16.6. The van der Waals surface area contributed by atoms with Crippen molar-refractivity contribution in [2.24, 2.45) is 5.92 Å². The van der Waals surface area contributed by atoms with E-state index in [-0.39, 0.29) is 18.5 Å². The summed E-state index contributed by atoms with van der Waals surface area (Å²) in [4.78, 5) is 22.4. The Labute approximate surface area is 135 Å². The minimum absolute atomic E-state index is 0.0227. The lowest BCUT2D eigenvalue weighted by molar-refractivity contribution is -0.137. The summed E-state index contributed by atoms with van der Waals surface area (Å²) in [5.74, 6) is -0.401. The van der Waals surface area contributed by atoms with E-state index in [1.165, 1.54) is 6.42 Å². The standard InChI is InChI=1S/C16H21ClN2O3/c17-13-8-6-12(7-9-13)15(11-3-1-4-11)19-16(22)18-10-2-5-14(20)21/h6-9,11,15H,1-5,10H2,(H,20,21)(H2,18,19,22). The number of carbonyl (C=O) groups is 2. The van der Waals surface area contributed by atoms with Crippen molar-refractivity contribution >= 4 is 23.6 Å². The zero-order chi connectivity index (χ0) is 15.9. The number of nitrogens with one attached hydrogen (secondary N) is 2. The van der Waals surface area contributed by atoms with Crippen molar-refractivity contribution in [3.8, 4) is 0 Å². The zero-order valence-corrected chi connectivity index (χ0v) is 13.1. The first-order chi connectivity index (χ1) is 10.6. The molecule has 0 saturated heterocycles. The molecule has 2 rings (SSSR count). The van der Waals surface area contributed by atoms with Crippen LogP contribution in [0.4, 0.5) is 4.79 Å². The number of aliphatic carboxylic acids is 1. The Morgan fingerprint density at radius 3 is 2.50 bits per heavy atom. The van der Waals surface area contributed by atoms with E-state index in [1.807, 2.05) is 24.3 Å². The summed E-state index contributed by atoms with van der Waals surface area (Å²) in [5.41, 5.74) is 1.05. The van der Waals surface area contributed by atoms with Gasteiger partial charge in [0.2, 0.25) is 0 Å². The number of amides is 2. The molecule has 120 valence electrons. The summed E-state index contributed by atoms with van der Waals surface area (Å²) >= 11 is 5.91. The van der Waals surface area contributed by atoms with Gasteiger partial charge < -0.3 is 15.7 Å². The van der Waals surface area contributed by atoms with Crippen LogP contribution in [0.3, 0.4) is 0 Å². The smallest absolute Gasteiger partial charge is 0.315 e. The SMILES string of the molecule is O=C(O)CCCNC(=O)NC(c1ccc(Cl)cc1)C1CCC1. The summed E-state index contributed by atoms with van der Waals surface area (Å²) in [6.45, 7) is 0.357. The molecule has 2 amide bonds. The zero-order valence-electron chi connectivity index (χ0n) is 12.3. The molecule has 5 nitrogen and oxygen atoms in total. The highest BCUT2D eigenvalue weighted by molar-refractivity contribution is 6.30. The molecule has 0 aliphatic heterocycles. The van der Waals surface area contributed by atoms with Crippen LogP contribution in [0, 0.1) is 5.92 Å². The maximum atomic E-state index is 12.0. The van der Waals surface area contributed by atoms with Gasteiger partial charge in [0, 0.05) is 18.0 Å². The molecule has 1 aliphatic carbocycles. The van der Waals surface area contributed by atoms with Crippen LogP contribution < -0.4 is 10.6 Å². The van der Waals surface area contributed by atoms with Crippen molar-refractivity contribution in [1.82, 2.24) is 10.6 Å². The highest BCUT2D eigenvalue weighted by atomic mass is 35.5. The number of rotatable bonds is 7. The second-order valence-corrected chi connectivity index (χ2v) is 6.05.